The average molecular weight is 231 g/mol. The lowest BCUT2D eigenvalue weighted by atomic mass is 10.1. The minimum absolute atomic E-state index is 0.245. The van der Waals surface area contributed by atoms with Crippen molar-refractivity contribution >= 4 is 17.0 Å². The maximum atomic E-state index is 11.3. The summed E-state index contributed by atoms with van der Waals surface area (Å²) in [7, 11) is 1.65. The Labute approximate surface area is 95.2 Å². The van der Waals surface area contributed by atoms with Crippen molar-refractivity contribution in [1.29, 1.82) is 0 Å². The first kappa shape index (κ1) is 9.71. The summed E-state index contributed by atoms with van der Waals surface area (Å²) in [6.07, 6.45) is 0. The Morgan fingerprint density at radius 1 is 1.35 bits per heavy atom. The van der Waals surface area contributed by atoms with Gasteiger partial charge in [-0.2, -0.15) is 0 Å². The van der Waals surface area contributed by atoms with E-state index in [1.807, 2.05) is 6.07 Å². The van der Waals surface area contributed by atoms with Gasteiger partial charge in [-0.3, -0.25) is 4.57 Å². The number of hydrogen-bond acceptors (Lipinski definition) is 5. The molecule has 2 aromatic heterocycles. The molecule has 0 aliphatic carbocycles. The second-order valence-corrected chi connectivity index (χ2v) is 3.72. The summed E-state index contributed by atoms with van der Waals surface area (Å²) < 4.78 is 11.3. The Bertz CT molecular complexity index is 751. The van der Waals surface area contributed by atoms with E-state index in [0.29, 0.717) is 11.3 Å². The fourth-order valence-corrected chi connectivity index (χ4v) is 1.72. The van der Waals surface area contributed by atoms with Crippen molar-refractivity contribution in [2.75, 3.05) is 5.73 Å². The minimum Gasteiger partial charge on any atom is -0.408 e. The Morgan fingerprint density at radius 3 is 2.88 bits per heavy atom. The van der Waals surface area contributed by atoms with Gasteiger partial charge in [-0.1, -0.05) is 11.2 Å². The molecular formula is C11H9N3O3. The summed E-state index contributed by atoms with van der Waals surface area (Å²) in [6.45, 7) is 0. The predicted molar refractivity (Wildman–Crippen MR) is 61.4 cm³/mol. The van der Waals surface area contributed by atoms with Crippen LogP contribution in [0.3, 0.4) is 0 Å². The Balaban J connectivity index is 2.23. The van der Waals surface area contributed by atoms with Gasteiger partial charge in [0.05, 0.1) is 5.52 Å². The van der Waals surface area contributed by atoms with Crippen LogP contribution in [-0.4, -0.2) is 9.72 Å². The lowest BCUT2D eigenvalue weighted by molar-refractivity contribution is 0.439. The van der Waals surface area contributed by atoms with E-state index in [0.717, 1.165) is 11.1 Å². The van der Waals surface area contributed by atoms with Crippen molar-refractivity contribution in [1.82, 2.24) is 9.72 Å². The van der Waals surface area contributed by atoms with Crippen LogP contribution in [0.4, 0.5) is 5.88 Å². The van der Waals surface area contributed by atoms with Crippen LogP contribution in [-0.2, 0) is 7.05 Å². The molecule has 3 rings (SSSR count). The van der Waals surface area contributed by atoms with E-state index >= 15 is 0 Å². The number of rotatable bonds is 1. The first-order valence-corrected chi connectivity index (χ1v) is 4.97. The Morgan fingerprint density at radius 2 is 2.18 bits per heavy atom. The van der Waals surface area contributed by atoms with E-state index < -0.39 is 5.76 Å². The zero-order valence-electron chi connectivity index (χ0n) is 9.01. The number of nitrogens with zero attached hydrogens (tertiary/aromatic N) is 2. The van der Waals surface area contributed by atoms with Crippen molar-refractivity contribution in [2.24, 2.45) is 7.05 Å². The van der Waals surface area contributed by atoms with Gasteiger partial charge in [0.1, 0.15) is 5.69 Å². The molecule has 0 fully saturated rings. The second kappa shape index (κ2) is 3.24. The van der Waals surface area contributed by atoms with Crippen molar-refractivity contribution < 1.29 is 8.94 Å². The van der Waals surface area contributed by atoms with E-state index in [4.69, 9.17) is 14.7 Å². The standard InChI is InChI=1S/C11H9N3O3/c1-14-8-3-2-6(4-9(8)16-11(14)15)7-5-10(12)17-13-7/h2-5H,12H2,1H3. The van der Waals surface area contributed by atoms with Gasteiger partial charge in [0.2, 0.25) is 5.88 Å². The van der Waals surface area contributed by atoms with Crippen LogP contribution in [0.2, 0.25) is 0 Å². The molecule has 0 saturated heterocycles. The van der Waals surface area contributed by atoms with E-state index in [1.54, 1.807) is 25.2 Å². The highest BCUT2D eigenvalue weighted by Gasteiger charge is 2.09. The summed E-state index contributed by atoms with van der Waals surface area (Å²) in [6, 6.07) is 6.96. The molecule has 6 nitrogen and oxygen atoms in total. The molecule has 0 bridgehead atoms. The molecule has 0 spiro atoms. The summed E-state index contributed by atoms with van der Waals surface area (Å²) in [5.74, 6) is -0.147. The van der Waals surface area contributed by atoms with E-state index in [1.165, 1.54) is 4.57 Å². The maximum absolute atomic E-state index is 11.3. The number of oxazole rings is 1. The highest BCUT2D eigenvalue weighted by Crippen LogP contribution is 2.24. The van der Waals surface area contributed by atoms with Gasteiger partial charge < -0.3 is 14.7 Å². The molecule has 1 aromatic carbocycles. The summed E-state index contributed by atoms with van der Waals surface area (Å²) >= 11 is 0. The Hall–Kier alpha value is -2.50. The van der Waals surface area contributed by atoms with Gasteiger partial charge in [-0.15, -0.1) is 0 Å². The predicted octanol–water partition coefficient (Wildman–Crippen LogP) is 1.37. The molecule has 2 N–H and O–H groups in total. The number of benzene rings is 1. The summed E-state index contributed by atoms with van der Waals surface area (Å²) in [4.78, 5) is 11.3. The third-order valence-corrected chi connectivity index (χ3v) is 2.62. The fraction of sp³-hybridized carbons (Fsp3) is 0.0909. The van der Waals surface area contributed by atoms with Gasteiger partial charge in [-0.25, -0.2) is 4.79 Å². The lowest BCUT2D eigenvalue weighted by Gasteiger charge is -1.95. The number of aromatic nitrogens is 2. The first-order valence-electron chi connectivity index (χ1n) is 4.97. The fourth-order valence-electron chi connectivity index (χ4n) is 1.72. The summed E-state index contributed by atoms with van der Waals surface area (Å²) in [5, 5.41) is 3.80. The molecule has 0 atom stereocenters. The zero-order valence-corrected chi connectivity index (χ0v) is 9.01. The quantitative estimate of drug-likeness (QED) is 0.683. The number of anilines is 1. The van der Waals surface area contributed by atoms with Gasteiger partial charge in [-0.05, 0) is 12.1 Å². The van der Waals surface area contributed by atoms with Gasteiger partial charge in [0, 0.05) is 18.7 Å². The maximum Gasteiger partial charge on any atom is 0.419 e. The second-order valence-electron chi connectivity index (χ2n) is 3.72. The highest BCUT2D eigenvalue weighted by molar-refractivity contribution is 5.79. The van der Waals surface area contributed by atoms with E-state index in [2.05, 4.69) is 5.16 Å². The molecule has 0 saturated carbocycles. The van der Waals surface area contributed by atoms with E-state index in [-0.39, 0.29) is 5.88 Å². The lowest BCUT2D eigenvalue weighted by Crippen LogP contribution is -2.08. The number of nitrogen functional groups attached to an aromatic ring is 1. The largest absolute Gasteiger partial charge is 0.419 e. The smallest absolute Gasteiger partial charge is 0.408 e. The van der Waals surface area contributed by atoms with Crippen molar-refractivity contribution in [3.8, 4) is 11.3 Å². The van der Waals surface area contributed by atoms with Gasteiger partial charge in [0.15, 0.2) is 5.58 Å². The monoisotopic (exact) mass is 231 g/mol. The van der Waals surface area contributed by atoms with Crippen LogP contribution in [0.1, 0.15) is 0 Å². The number of fused-ring (bicyclic) bond motifs is 1. The molecule has 3 aromatic rings. The normalized spacial score (nSPS) is 11.1. The Kier molecular flexibility index (Phi) is 1.85. The first-order chi connectivity index (χ1) is 8.15. The van der Waals surface area contributed by atoms with Crippen LogP contribution >= 0.6 is 0 Å². The molecule has 2 heterocycles. The van der Waals surface area contributed by atoms with Crippen LogP contribution in [0.5, 0.6) is 0 Å². The molecule has 86 valence electrons. The van der Waals surface area contributed by atoms with Gasteiger partial charge in [0.25, 0.3) is 0 Å². The summed E-state index contributed by atoms with van der Waals surface area (Å²) in [5.41, 5.74) is 8.08. The van der Waals surface area contributed by atoms with Crippen LogP contribution in [0.15, 0.2) is 38.0 Å². The molecule has 0 aliphatic rings. The van der Waals surface area contributed by atoms with Crippen molar-refractivity contribution in [2.45, 2.75) is 0 Å². The zero-order chi connectivity index (χ0) is 12.0. The number of nitrogens with two attached hydrogens (primary N) is 1. The molecule has 0 aliphatic heterocycles. The third-order valence-electron chi connectivity index (χ3n) is 2.62. The number of hydrogen-bond donors (Lipinski definition) is 1. The SMILES string of the molecule is Cn1c(=O)oc2cc(-c3cc(N)on3)ccc21. The topological polar surface area (TPSA) is 87.2 Å². The highest BCUT2D eigenvalue weighted by atomic mass is 16.5. The molecule has 6 heteroatoms. The number of aryl methyl sites for hydroxylation is 1. The van der Waals surface area contributed by atoms with Crippen LogP contribution in [0.25, 0.3) is 22.4 Å². The molecule has 0 unspecified atom stereocenters. The molecule has 0 amide bonds. The van der Waals surface area contributed by atoms with Gasteiger partial charge >= 0.3 is 5.76 Å². The third kappa shape index (κ3) is 1.42. The molecule has 0 radical (unpaired) electrons. The van der Waals surface area contributed by atoms with Crippen molar-refractivity contribution in [3.05, 3.63) is 34.8 Å². The average Bonchev–Trinajstić information content (AvgIpc) is 2.85. The molecule has 17 heavy (non-hydrogen) atoms. The molecular weight excluding hydrogens is 222 g/mol. The van der Waals surface area contributed by atoms with Crippen LogP contribution in [0, 0.1) is 0 Å². The minimum atomic E-state index is -0.392. The van der Waals surface area contributed by atoms with Crippen molar-refractivity contribution in [3.63, 3.8) is 0 Å². The van der Waals surface area contributed by atoms with E-state index in [9.17, 15) is 4.79 Å². The van der Waals surface area contributed by atoms with Crippen LogP contribution < -0.4 is 11.5 Å².